The van der Waals surface area contributed by atoms with Crippen molar-refractivity contribution in [1.82, 2.24) is 9.13 Å². The Hall–Kier alpha value is -9.38. The molecule has 0 fully saturated rings. The Balaban J connectivity index is 1.04. The van der Waals surface area contributed by atoms with Gasteiger partial charge < -0.3 is 18.9 Å². The van der Waals surface area contributed by atoms with Crippen LogP contribution in [0.4, 0.5) is 34.1 Å². The molecule has 0 spiro atoms. The third-order valence-electron chi connectivity index (χ3n) is 14.7. The van der Waals surface area contributed by atoms with E-state index in [9.17, 15) is 0 Å². The van der Waals surface area contributed by atoms with Crippen LogP contribution < -0.4 is 9.80 Å². The maximum Gasteiger partial charge on any atom is 0.0620 e. The molecule has 4 nitrogen and oxygen atoms in total. The molecule has 0 saturated heterocycles. The van der Waals surface area contributed by atoms with Crippen molar-refractivity contribution in [2.24, 2.45) is 0 Å². The van der Waals surface area contributed by atoms with Crippen LogP contribution >= 0.6 is 0 Å². The summed E-state index contributed by atoms with van der Waals surface area (Å²) in [6.07, 6.45) is 0. The molecule has 2 aromatic heterocycles. The molecule has 0 bridgehead atoms. The Bertz CT molecular complexity index is 4110. The van der Waals surface area contributed by atoms with E-state index in [-0.39, 0.29) is 0 Å². The van der Waals surface area contributed by atoms with Crippen LogP contribution in [-0.4, -0.2) is 9.13 Å². The number of anilines is 6. The average Bonchev–Trinajstić information content (AvgIpc) is 3.95. The van der Waals surface area contributed by atoms with Crippen molar-refractivity contribution in [3.05, 3.63) is 255 Å². The van der Waals surface area contributed by atoms with E-state index in [0.29, 0.717) is 0 Å². The van der Waals surface area contributed by atoms with Crippen LogP contribution in [0, 0.1) is 0 Å². The van der Waals surface area contributed by atoms with Gasteiger partial charge in [-0.25, -0.2) is 0 Å². The Morgan fingerprint density at radius 1 is 0.229 bits per heavy atom. The van der Waals surface area contributed by atoms with Crippen LogP contribution in [0.2, 0.25) is 0 Å². The van der Waals surface area contributed by atoms with E-state index in [1.165, 1.54) is 65.2 Å². The number of nitrogens with zero attached hydrogens (tertiary/aromatic N) is 4. The van der Waals surface area contributed by atoms with Gasteiger partial charge in [0.2, 0.25) is 0 Å². The first-order valence-electron chi connectivity index (χ1n) is 24.1. The van der Waals surface area contributed by atoms with Crippen LogP contribution in [0.5, 0.6) is 0 Å². The fourth-order valence-electron chi connectivity index (χ4n) is 11.9. The van der Waals surface area contributed by atoms with Gasteiger partial charge in [0.1, 0.15) is 0 Å². The number of benzene rings is 13. The first kappa shape index (κ1) is 38.7. The molecule has 0 unspecified atom stereocenters. The van der Waals surface area contributed by atoms with Crippen molar-refractivity contribution < 1.29 is 0 Å². The van der Waals surface area contributed by atoms with Crippen LogP contribution in [0.15, 0.2) is 255 Å². The van der Waals surface area contributed by atoms with Crippen molar-refractivity contribution >= 4 is 121 Å². The van der Waals surface area contributed by atoms with Crippen LogP contribution in [0.3, 0.4) is 0 Å². The van der Waals surface area contributed by atoms with Gasteiger partial charge in [-0.15, -0.1) is 0 Å². The van der Waals surface area contributed by atoms with Crippen LogP contribution in [0.1, 0.15) is 0 Å². The van der Waals surface area contributed by atoms with Crippen LogP contribution in [0.25, 0.3) is 98.1 Å². The lowest BCUT2D eigenvalue weighted by Crippen LogP contribution is -2.15. The summed E-state index contributed by atoms with van der Waals surface area (Å²) in [6.45, 7) is 0. The van der Waals surface area contributed by atoms with Crippen molar-refractivity contribution in [2.75, 3.05) is 9.80 Å². The number of hydrogen-bond donors (Lipinski definition) is 0. The molecule has 4 heteroatoms. The van der Waals surface area contributed by atoms with Gasteiger partial charge >= 0.3 is 0 Å². The Morgan fingerprint density at radius 3 is 0.943 bits per heavy atom. The third-order valence-corrected chi connectivity index (χ3v) is 14.7. The fourth-order valence-corrected chi connectivity index (χ4v) is 11.9. The summed E-state index contributed by atoms with van der Waals surface area (Å²) < 4.78 is 4.90. The number of fused-ring (bicyclic) bond motifs is 2. The lowest BCUT2D eigenvalue weighted by molar-refractivity contribution is 1.18. The zero-order valence-corrected chi connectivity index (χ0v) is 38.0. The molecular weight excluding hydrogens is 849 g/mol. The summed E-state index contributed by atoms with van der Waals surface area (Å²) in [5.74, 6) is 0. The highest BCUT2D eigenvalue weighted by atomic mass is 15.2. The smallest absolute Gasteiger partial charge is 0.0620 e. The second-order valence-electron chi connectivity index (χ2n) is 18.5. The predicted octanol–water partition coefficient (Wildman–Crippen LogP) is 18.3. The van der Waals surface area contributed by atoms with Gasteiger partial charge in [-0.05, 0) is 106 Å². The fraction of sp³-hybridized carbons (Fsp3) is 0. The minimum absolute atomic E-state index is 1.09. The second-order valence-corrected chi connectivity index (χ2v) is 18.5. The van der Waals surface area contributed by atoms with E-state index in [0.717, 1.165) is 67.0 Å². The zero-order valence-electron chi connectivity index (χ0n) is 38.0. The SMILES string of the molecule is c1ccc(N(c2cc3ccc4cccc5c4c3c(c2)n5-c2ccccc2)c2c3ccccc3c(N(c3ccccc3)c3cc4ccc5cccc6c5c4c(c3)n6-c3ccccc3)c3ccccc23)cc1. The minimum atomic E-state index is 1.09. The highest BCUT2D eigenvalue weighted by Gasteiger charge is 2.28. The highest BCUT2D eigenvalue weighted by molar-refractivity contribution is 6.28. The Kier molecular flexibility index (Phi) is 8.33. The van der Waals surface area contributed by atoms with Gasteiger partial charge in [0.05, 0.1) is 33.4 Å². The second kappa shape index (κ2) is 15.1. The molecule has 326 valence electrons. The molecule has 0 amide bonds. The summed E-state index contributed by atoms with van der Waals surface area (Å²) in [5.41, 5.74) is 13.7. The van der Waals surface area contributed by atoms with E-state index < -0.39 is 0 Å². The standard InChI is InChI=1S/C66H42N4/c1-5-21-47(22-6-1)67(51-39-45-37-35-43-19-17-33-57-61(43)63(45)59(41-51)69(57)49-25-9-3-10-26-49)65-53-29-13-15-31-55(53)66(56-32-16-14-30-54(56)65)68(48-23-7-2-8-24-48)52-40-46-38-36-44-20-18-34-58-62(44)64(46)60(42-52)70(58)50-27-11-4-12-28-50/h1-42H. The number of aromatic nitrogens is 2. The maximum absolute atomic E-state index is 2.50. The minimum Gasteiger partial charge on any atom is -0.309 e. The molecule has 0 atom stereocenters. The van der Waals surface area contributed by atoms with E-state index in [1.54, 1.807) is 0 Å². The van der Waals surface area contributed by atoms with E-state index in [1.807, 2.05) is 0 Å². The monoisotopic (exact) mass is 890 g/mol. The molecule has 70 heavy (non-hydrogen) atoms. The predicted molar refractivity (Wildman–Crippen MR) is 297 cm³/mol. The molecule has 0 aliphatic rings. The first-order valence-corrected chi connectivity index (χ1v) is 24.1. The van der Waals surface area contributed by atoms with E-state index in [2.05, 4.69) is 274 Å². The van der Waals surface area contributed by atoms with Crippen molar-refractivity contribution in [2.45, 2.75) is 0 Å². The summed E-state index contributed by atoms with van der Waals surface area (Å²) >= 11 is 0. The van der Waals surface area contributed by atoms with Crippen molar-refractivity contribution in [1.29, 1.82) is 0 Å². The maximum atomic E-state index is 2.50. The Labute approximate surface area is 404 Å². The Morgan fingerprint density at radius 2 is 0.557 bits per heavy atom. The summed E-state index contributed by atoms with van der Waals surface area (Å²) in [5, 5.41) is 14.7. The number of rotatable bonds is 8. The van der Waals surface area contributed by atoms with Gasteiger partial charge in [0, 0.05) is 77.2 Å². The molecule has 15 rings (SSSR count). The molecule has 15 aromatic rings. The molecular formula is C66H42N4. The lowest BCUT2D eigenvalue weighted by atomic mass is 9.94. The molecule has 0 aliphatic heterocycles. The van der Waals surface area contributed by atoms with Crippen LogP contribution in [-0.2, 0) is 0 Å². The van der Waals surface area contributed by atoms with Gasteiger partial charge in [0.25, 0.3) is 0 Å². The molecule has 0 saturated carbocycles. The molecule has 2 heterocycles. The summed E-state index contributed by atoms with van der Waals surface area (Å²) in [7, 11) is 0. The number of hydrogen-bond acceptors (Lipinski definition) is 2. The molecule has 13 aromatic carbocycles. The average molecular weight is 891 g/mol. The van der Waals surface area contributed by atoms with Gasteiger partial charge in [-0.1, -0.05) is 170 Å². The highest BCUT2D eigenvalue weighted by Crippen LogP contribution is 2.53. The quantitative estimate of drug-likeness (QED) is 0.0858. The van der Waals surface area contributed by atoms with E-state index >= 15 is 0 Å². The largest absolute Gasteiger partial charge is 0.309 e. The summed E-state index contributed by atoms with van der Waals surface area (Å²) in [6, 6.07) is 93.7. The number of para-hydroxylation sites is 4. The molecule has 0 N–H and O–H groups in total. The lowest BCUT2D eigenvalue weighted by Gasteiger charge is -2.33. The normalized spacial score (nSPS) is 12.0. The van der Waals surface area contributed by atoms with Gasteiger partial charge in [-0.3, -0.25) is 0 Å². The zero-order chi connectivity index (χ0) is 45.9. The van der Waals surface area contributed by atoms with Crippen molar-refractivity contribution in [3.63, 3.8) is 0 Å². The molecule has 0 aliphatic carbocycles. The molecule has 0 radical (unpaired) electrons. The summed E-state index contributed by atoms with van der Waals surface area (Å²) in [4.78, 5) is 5.01. The van der Waals surface area contributed by atoms with Gasteiger partial charge in [-0.2, -0.15) is 0 Å². The first-order chi connectivity index (χ1) is 34.8. The topological polar surface area (TPSA) is 16.3 Å². The van der Waals surface area contributed by atoms with E-state index in [4.69, 9.17) is 0 Å². The van der Waals surface area contributed by atoms with Crippen molar-refractivity contribution in [3.8, 4) is 11.4 Å². The van der Waals surface area contributed by atoms with Gasteiger partial charge in [0.15, 0.2) is 0 Å². The third kappa shape index (κ3) is 5.59.